The Balaban J connectivity index is 1.25. The SMILES string of the molecule is CC(C)(C)CC(c1ccc(N(c2ccc(N(c3ccccc3)c3cccc4cc5ccccc5cc34)cc2)c2cccc3ccccc23)cc1)C(C)(C)C. The highest BCUT2D eigenvalue weighted by molar-refractivity contribution is 6.06. The Kier molecular flexibility index (Phi) is 9.24. The van der Waals surface area contributed by atoms with Crippen LogP contribution in [-0.2, 0) is 0 Å². The van der Waals surface area contributed by atoms with Crippen LogP contribution in [0.3, 0.4) is 0 Å². The molecule has 268 valence electrons. The van der Waals surface area contributed by atoms with Crippen LogP contribution in [0.15, 0.2) is 176 Å². The average molecular weight is 703 g/mol. The van der Waals surface area contributed by atoms with E-state index in [1.165, 1.54) is 37.9 Å². The second-order valence-electron chi connectivity index (χ2n) is 17.0. The molecular weight excluding hydrogens is 653 g/mol. The minimum Gasteiger partial charge on any atom is -0.310 e. The van der Waals surface area contributed by atoms with Crippen molar-refractivity contribution in [1.82, 2.24) is 0 Å². The monoisotopic (exact) mass is 702 g/mol. The molecule has 1 atom stereocenters. The van der Waals surface area contributed by atoms with Crippen LogP contribution in [0, 0.1) is 10.8 Å². The molecule has 0 saturated carbocycles. The van der Waals surface area contributed by atoms with Gasteiger partial charge in [-0.25, -0.2) is 0 Å². The molecule has 0 bridgehead atoms. The smallest absolute Gasteiger partial charge is 0.0540 e. The van der Waals surface area contributed by atoms with Crippen LogP contribution in [-0.4, -0.2) is 0 Å². The van der Waals surface area contributed by atoms with E-state index in [4.69, 9.17) is 0 Å². The van der Waals surface area contributed by atoms with Crippen molar-refractivity contribution in [3.8, 4) is 0 Å². The van der Waals surface area contributed by atoms with Crippen molar-refractivity contribution in [3.05, 3.63) is 181 Å². The summed E-state index contributed by atoms with van der Waals surface area (Å²) in [7, 11) is 0. The molecule has 0 aliphatic carbocycles. The average Bonchev–Trinajstić information content (AvgIpc) is 3.17. The molecule has 0 amide bonds. The summed E-state index contributed by atoms with van der Waals surface area (Å²) in [5.74, 6) is 0.452. The molecule has 1 unspecified atom stereocenters. The number of para-hydroxylation sites is 1. The molecule has 8 aromatic carbocycles. The lowest BCUT2D eigenvalue weighted by atomic mass is 9.69. The zero-order valence-corrected chi connectivity index (χ0v) is 32.4. The van der Waals surface area contributed by atoms with Gasteiger partial charge in [0.05, 0.1) is 11.4 Å². The van der Waals surface area contributed by atoms with Gasteiger partial charge in [0.1, 0.15) is 0 Å². The number of benzene rings is 8. The molecule has 8 rings (SSSR count). The van der Waals surface area contributed by atoms with Crippen LogP contribution < -0.4 is 9.80 Å². The first-order chi connectivity index (χ1) is 26.0. The van der Waals surface area contributed by atoms with Gasteiger partial charge in [0, 0.05) is 33.5 Å². The molecule has 2 heteroatoms. The molecular formula is C52H50N2. The van der Waals surface area contributed by atoms with E-state index < -0.39 is 0 Å². The Bertz CT molecular complexity index is 2530. The summed E-state index contributed by atoms with van der Waals surface area (Å²) in [5, 5.41) is 7.40. The van der Waals surface area contributed by atoms with Gasteiger partial charge in [0.2, 0.25) is 0 Å². The minimum atomic E-state index is 0.155. The number of fused-ring (bicyclic) bond motifs is 3. The van der Waals surface area contributed by atoms with Crippen LogP contribution in [0.2, 0.25) is 0 Å². The van der Waals surface area contributed by atoms with Crippen LogP contribution in [0.4, 0.5) is 34.1 Å². The highest BCUT2D eigenvalue weighted by Gasteiger charge is 2.30. The summed E-state index contributed by atoms with van der Waals surface area (Å²) < 4.78 is 0. The van der Waals surface area contributed by atoms with Crippen molar-refractivity contribution >= 4 is 66.4 Å². The molecule has 2 nitrogen and oxygen atoms in total. The van der Waals surface area contributed by atoms with E-state index in [1.54, 1.807) is 0 Å². The minimum absolute atomic E-state index is 0.155. The van der Waals surface area contributed by atoms with Gasteiger partial charge >= 0.3 is 0 Å². The van der Waals surface area contributed by atoms with Crippen molar-refractivity contribution in [2.75, 3.05) is 9.80 Å². The molecule has 0 aliphatic rings. The zero-order valence-electron chi connectivity index (χ0n) is 32.4. The lowest BCUT2D eigenvalue weighted by Gasteiger charge is -2.36. The second-order valence-corrected chi connectivity index (χ2v) is 17.0. The third kappa shape index (κ3) is 7.09. The van der Waals surface area contributed by atoms with Crippen molar-refractivity contribution in [3.63, 3.8) is 0 Å². The van der Waals surface area contributed by atoms with Gasteiger partial charge in [-0.2, -0.15) is 0 Å². The van der Waals surface area contributed by atoms with E-state index in [2.05, 4.69) is 227 Å². The van der Waals surface area contributed by atoms with E-state index in [9.17, 15) is 0 Å². The van der Waals surface area contributed by atoms with Gasteiger partial charge in [0.15, 0.2) is 0 Å². The molecule has 0 saturated heterocycles. The summed E-state index contributed by atoms with van der Waals surface area (Å²) in [6, 6.07) is 64.4. The lowest BCUT2D eigenvalue weighted by Crippen LogP contribution is -2.23. The highest BCUT2D eigenvalue weighted by Crippen LogP contribution is 2.46. The molecule has 0 N–H and O–H groups in total. The Morgan fingerprint density at radius 3 is 1.41 bits per heavy atom. The molecule has 0 radical (unpaired) electrons. The van der Waals surface area contributed by atoms with Crippen LogP contribution in [0.25, 0.3) is 32.3 Å². The van der Waals surface area contributed by atoms with Gasteiger partial charge in [-0.05, 0) is 123 Å². The Morgan fingerprint density at radius 1 is 0.389 bits per heavy atom. The third-order valence-corrected chi connectivity index (χ3v) is 10.8. The summed E-state index contributed by atoms with van der Waals surface area (Å²) >= 11 is 0. The molecule has 0 aliphatic heterocycles. The first kappa shape index (κ1) is 35.2. The molecule has 8 aromatic rings. The normalized spacial score (nSPS) is 12.6. The summed E-state index contributed by atoms with van der Waals surface area (Å²) in [4.78, 5) is 4.81. The van der Waals surface area contributed by atoms with Gasteiger partial charge in [0.25, 0.3) is 0 Å². The third-order valence-electron chi connectivity index (χ3n) is 10.8. The predicted octanol–water partition coefficient (Wildman–Crippen LogP) is 15.7. The highest BCUT2D eigenvalue weighted by atomic mass is 15.2. The van der Waals surface area contributed by atoms with E-state index in [1.807, 2.05) is 0 Å². The van der Waals surface area contributed by atoms with E-state index in [0.29, 0.717) is 5.92 Å². The van der Waals surface area contributed by atoms with E-state index >= 15 is 0 Å². The standard InChI is InChI=1S/C52H50N2/c1-51(2,3)36-48(52(4,5)6)38-26-28-43(29-27-38)54(49-24-14-19-37-16-12-13-23-46(37)49)45-32-30-44(31-33-45)53(42-21-8-7-9-22-42)50-25-15-20-41-34-39-17-10-11-18-40(39)35-47(41)50/h7-35,48H,36H2,1-6H3. The van der Waals surface area contributed by atoms with Crippen molar-refractivity contribution in [2.24, 2.45) is 10.8 Å². The molecule has 54 heavy (non-hydrogen) atoms. The summed E-state index contributed by atoms with van der Waals surface area (Å²) in [5.41, 5.74) is 8.59. The first-order valence-corrected chi connectivity index (χ1v) is 19.3. The largest absolute Gasteiger partial charge is 0.310 e. The van der Waals surface area contributed by atoms with Crippen molar-refractivity contribution < 1.29 is 0 Å². The quantitative estimate of drug-likeness (QED) is 0.145. The number of nitrogens with zero attached hydrogens (tertiary/aromatic N) is 2. The van der Waals surface area contributed by atoms with E-state index in [0.717, 1.165) is 40.5 Å². The van der Waals surface area contributed by atoms with Crippen molar-refractivity contribution in [1.29, 1.82) is 0 Å². The number of hydrogen-bond donors (Lipinski definition) is 0. The van der Waals surface area contributed by atoms with Crippen LogP contribution >= 0.6 is 0 Å². The Labute approximate surface area is 321 Å². The molecule has 0 aromatic heterocycles. The maximum Gasteiger partial charge on any atom is 0.0540 e. The fraction of sp³-hybridized carbons (Fsp3) is 0.192. The van der Waals surface area contributed by atoms with Crippen molar-refractivity contribution in [2.45, 2.75) is 53.9 Å². The zero-order chi connectivity index (χ0) is 37.5. The van der Waals surface area contributed by atoms with Gasteiger partial charge in [-0.3, -0.25) is 0 Å². The Morgan fingerprint density at radius 2 is 0.833 bits per heavy atom. The topological polar surface area (TPSA) is 6.48 Å². The van der Waals surface area contributed by atoms with Gasteiger partial charge in [-0.15, -0.1) is 0 Å². The maximum atomic E-state index is 2.42. The molecule has 0 heterocycles. The number of rotatable bonds is 8. The number of hydrogen-bond acceptors (Lipinski definition) is 2. The summed E-state index contributed by atoms with van der Waals surface area (Å²) in [6.07, 6.45) is 1.13. The predicted molar refractivity (Wildman–Crippen MR) is 235 cm³/mol. The fourth-order valence-electron chi connectivity index (χ4n) is 8.12. The second kappa shape index (κ2) is 14.2. The molecule has 0 spiro atoms. The lowest BCUT2D eigenvalue weighted by molar-refractivity contribution is 0.229. The van der Waals surface area contributed by atoms with Crippen LogP contribution in [0.1, 0.15) is 59.4 Å². The van der Waals surface area contributed by atoms with Crippen LogP contribution in [0.5, 0.6) is 0 Å². The van der Waals surface area contributed by atoms with Gasteiger partial charge in [-0.1, -0.05) is 145 Å². The fourth-order valence-corrected chi connectivity index (χ4v) is 8.12. The summed E-state index contributed by atoms with van der Waals surface area (Å²) in [6.45, 7) is 14.2. The number of anilines is 6. The molecule has 0 fully saturated rings. The Hall–Kier alpha value is -5.86. The van der Waals surface area contributed by atoms with E-state index in [-0.39, 0.29) is 10.8 Å². The van der Waals surface area contributed by atoms with Gasteiger partial charge < -0.3 is 9.80 Å². The maximum absolute atomic E-state index is 2.42. The first-order valence-electron chi connectivity index (χ1n) is 19.3.